The molecule has 2 fully saturated rings. The fraction of sp³-hybridized carbons (Fsp3) is 0.838. The van der Waals surface area contributed by atoms with Gasteiger partial charge in [-0.05, 0) is 76.0 Å². The predicted molar refractivity (Wildman–Crippen MR) is 192 cm³/mol. The van der Waals surface area contributed by atoms with Crippen molar-refractivity contribution in [2.24, 2.45) is 11.3 Å². The van der Waals surface area contributed by atoms with Crippen molar-refractivity contribution in [3.63, 3.8) is 0 Å². The maximum atomic E-state index is 11.4. The first-order valence-corrected chi connectivity index (χ1v) is 17.4. The first-order valence-electron chi connectivity index (χ1n) is 17.4. The van der Waals surface area contributed by atoms with Gasteiger partial charge in [-0.3, -0.25) is 0 Å². The van der Waals surface area contributed by atoms with E-state index in [2.05, 4.69) is 38.5 Å². The summed E-state index contributed by atoms with van der Waals surface area (Å²) < 4.78 is 34.4. The molecule has 10 nitrogen and oxygen atoms in total. The van der Waals surface area contributed by atoms with Crippen LogP contribution in [0.3, 0.4) is 0 Å². The molecule has 0 bridgehead atoms. The van der Waals surface area contributed by atoms with Gasteiger partial charge in [0.2, 0.25) is 0 Å². The largest absolute Gasteiger partial charge is 0.516 e. The lowest BCUT2D eigenvalue weighted by Gasteiger charge is -2.58. The summed E-state index contributed by atoms with van der Waals surface area (Å²) in [5, 5.41) is 27.9. The van der Waals surface area contributed by atoms with E-state index in [4.69, 9.17) is 38.6 Å². The molecular formula is C37H74O10. The van der Waals surface area contributed by atoms with E-state index in [0.717, 1.165) is 71.2 Å². The first-order chi connectivity index (χ1) is 22.7. The molecule has 0 saturated heterocycles. The van der Waals surface area contributed by atoms with Gasteiger partial charge in [-0.15, -0.1) is 0 Å². The summed E-state index contributed by atoms with van der Waals surface area (Å²) in [4.78, 5) is 0. The van der Waals surface area contributed by atoms with Crippen LogP contribution in [0.5, 0.6) is 0 Å². The Bertz CT molecular complexity index is 725. The van der Waals surface area contributed by atoms with Crippen molar-refractivity contribution in [3.05, 3.63) is 35.6 Å². The number of allylic oxidation sites excluding steroid dienone is 4. The molecule has 0 aromatic heterocycles. The highest BCUT2D eigenvalue weighted by Gasteiger charge is 2.58. The number of fused-ring (bicyclic) bond motifs is 1. The van der Waals surface area contributed by atoms with Gasteiger partial charge in [0.1, 0.15) is 0 Å². The highest BCUT2D eigenvalue weighted by atomic mass is 16.6. The number of methoxy groups -OCH3 is 3. The Labute approximate surface area is 288 Å². The SMILES string of the molecule is CCCOCCOCC.CCO.COC.COCCOCCOCCOC.C\C=C1/C(=C\C=C\O)CC(C)C2(O)CCCC[C@]12CC. The Morgan fingerprint density at radius 2 is 1.23 bits per heavy atom. The van der Waals surface area contributed by atoms with Crippen molar-refractivity contribution in [1.82, 2.24) is 0 Å². The van der Waals surface area contributed by atoms with Crippen molar-refractivity contribution >= 4 is 0 Å². The third-order valence-corrected chi connectivity index (χ3v) is 7.88. The third kappa shape index (κ3) is 22.1. The summed E-state index contributed by atoms with van der Waals surface area (Å²) in [5.74, 6) is 0.268. The average Bonchev–Trinajstić information content (AvgIpc) is 3.07. The van der Waals surface area contributed by atoms with Crippen molar-refractivity contribution in [2.75, 3.05) is 101 Å². The van der Waals surface area contributed by atoms with Crippen LogP contribution in [-0.2, 0) is 33.2 Å². The maximum Gasteiger partial charge on any atom is 0.0791 e. The molecule has 2 aliphatic rings. The van der Waals surface area contributed by atoms with Gasteiger partial charge in [0.05, 0.1) is 64.7 Å². The fourth-order valence-electron chi connectivity index (χ4n) is 5.85. The summed E-state index contributed by atoms with van der Waals surface area (Å²) in [7, 11) is 6.55. The average molecular weight is 679 g/mol. The van der Waals surface area contributed by atoms with E-state index in [-0.39, 0.29) is 17.9 Å². The van der Waals surface area contributed by atoms with Crippen LogP contribution in [0.4, 0.5) is 0 Å². The smallest absolute Gasteiger partial charge is 0.0791 e. The maximum absolute atomic E-state index is 11.4. The van der Waals surface area contributed by atoms with Crippen LogP contribution in [0.25, 0.3) is 0 Å². The summed E-state index contributed by atoms with van der Waals surface area (Å²) in [6.07, 6.45) is 14.3. The Kier molecular flexibility index (Phi) is 38.3. The van der Waals surface area contributed by atoms with E-state index >= 15 is 0 Å². The number of aliphatic hydroxyl groups excluding tert-OH is 2. The van der Waals surface area contributed by atoms with Crippen LogP contribution in [0.15, 0.2) is 35.6 Å². The van der Waals surface area contributed by atoms with Gasteiger partial charge in [0.15, 0.2) is 0 Å². The van der Waals surface area contributed by atoms with Gasteiger partial charge in [-0.25, -0.2) is 0 Å². The Morgan fingerprint density at radius 3 is 1.66 bits per heavy atom. The van der Waals surface area contributed by atoms with E-state index in [9.17, 15) is 5.11 Å². The standard InChI is InChI=1S/C18H28O2.C8H18O4.C7H16O2.2C2H6O/c1-4-16-15(9-8-12-19)13-14(3)18(20)11-7-6-10-17(16,18)5-2;1-9-3-5-11-7-8-12-6-4-10-2;1-3-5-9-7-6-8-4-2;1-3-2;1-2-3/h4,8-9,12,14,19-20H,5-7,10-11,13H2,1-3H3;3-8H2,1-2H3;3-7H2,1-2H3;1-2H3;3H,2H2,1H3/b12-8+,15-9-,16-4+;;;;/t14?,17-,18?;;;;/m1..../s1. The lowest BCUT2D eigenvalue weighted by molar-refractivity contribution is -0.141. The highest BCUT2D eigenvalue weighted by molar-refractivity contribution is 5.45. The predicted octanol–water partition coefficient (Wildman–Crippen LogP) is 6.70. The molecule has 0 aromatic carbocycles. The molecule has 2 rings (SSSR count). The quantitative estimate of drug-likeness (QED) is 0.113. The van der Waals surface area contributed by atoms with Gasteiger partial charge in [-0.2, -0.15) is 0 Å². The van der Waals surface area contributed by atoms with Crippen molar-refractivity contribution in [1.29, 1.82) is 0 Å². The molecule has 10 heteroatoms. The minimum atomic E-state index is -0.567. The number of aliphatic hydroxyl groups is 3. The van der Waals surface area contributed by atoms with E-state index in [1.807, 2.05) is 13.0 Å². The Morgan fingerprint density at radius 1 is 0.766 bits per heavy atom. The van der Waals surface area contributed by atoms with Crippen molar-refractivity contribution < 1.29 is 48.5 Å². The summed E-state index contributed by atoms with van der Waals surface area (Å²) >= 11 is 0. The van der Waals surface area contributed by atoms with Gasteiger partial charge in [0.25, 0.3) is 0 Å². The molecule has 0 spiro atoms. The first kappa shape index (κ1) is 50.0. The second-order valence-electron chi connectivity index (χ2n) is 11.2. The number of hydrogen-bond acceptors (Lipinski definition) is 10. The molecule has 0 aliphatic heterocycles. The molecule has 0 heterocycles. The normalized spacial score (nSPS) is 23.4. The molecule has 2 saturated carbocycles. The monoisotopic (exact) mass is 679 g/mol. The molecule has 0 aromatic rings. The van der Waals surface area contributed by atoms with E-state index in [1.165, 1.54) is 17.6 Å². The van der Waals surface area contributed by atoms with Crippen LogP contribution in [0.2, 0.25) is 0 Å². The lowest BCUT2D eigenvalue weighted by atomic mass is 9.49. The van der Waals surface area contributed by atoms with Crippen molar-refractivity contribution in [3.8, 4) is 0 Å². The van der Waals surface area contributed by atoms with Gasteiger partial charge >= 0.3 is 0 Å². The zero-order chi connectivity index (χ0) is 36.2. The zero-order valence-corrected chi connectivity index (χ0v) is 31.8. The van der Waals surface area contributed by atoms with Crippen LogP contribution in [-0.4, -0.2) is 122 Å². The molecule has 0 amide bonds. The van der Waals surface area contributed by atoms with Crippen LogP contribution in [0, 0.1) is 11.3 Å². The molecular weight excluding hydrogens is 604 g/mol. The number of ether oxygens (including phenoxy) is 7. The van der Waals surface area contributed by atoms with E-state index < -0.39 is 5.60 Å². The van der Waals surface area contributed by atoms with E-state index in [0.29, 0.717) is 39.6 Å². The molecule has 282 valence electrons. The Balaban J connectivity index is -0.000000613. The zero-order valence-electron chi connectivity index (χ0n) is 31.8. The molecule has 2 unspecified atom stereocenters. The molecule has 3 atom stereocenters. The van der Waals surface area contributed by atoms with Gasteiger partial charge in [0, 0.05) is 53.7 Å². The minimum Gasteiger partial charge on any atom is -0.516 e. The summed E-state index contributed by atoms with van der Waals surface area (Å²) in [5.41, 5.74) is 1.91. The van der Waals surface area contributed by atoms with Crippen LogP contribution in [0.1, 0.15) is 86.5 Å². The van der Waals surface area contributed by atoms with Crippen LogP contribution >= 0.6 is 0 Å². The van der Waals surface area contributed by atoms with Gasteiger partial charge < -0.3 is 48.5 Å². The Hall–Kier alpha value is -1.34. The fourth-order valence-corrected chi connectivity index (χ4v) is 5.85. The minimum absolute atomic E-state index is 0.104. The summed E-state index contributed by atoms with van der Waals surface area (Å²) in [6, 6.07) is 0. The van der Waals surface area contributed by atoms with Crippen LogP contribution < -0.4 is 0 Å². The topological polar surface area (TPSA) is 125 Å². The van der Waals surface area contributed by atoms with Gasteiger partial charge in [-0.1, -0.05) is 45.8 Å². The lowest BCUT2D eigenvalue weighted by Crippen LogP contribution is -2.58. The molecule has 0 radical (unpaired) electrons. The molecule has 2 aliphatic carbocycles. The third-order valence-electron chi connectivity index (χ3n) is 7.88. The molecule has 47 heavy (non-hydrogen) atoms. The highest BCUT2D eigenvalue weighted by Crippen LogP contribution is 2.61. The number of hydrogen-bond donors (Lipinski definition) is 3. The number of rotatable bonds is 17. The molecule has 3 N–H and O–H groups in total. The second-order valence-corrected chi connectivity index (χ2v) is 11.2. The van der Waals surface area contributed by atoms with Crippen molar-refractivity contribution in [2.45, 2.75) is 92.1 Å². The second kappa shape index (κ2) is 36.0. The summed E-state index contributed by atoms with van der Waals surface area (Å²) in [6.45, 7) is 19.4. The van der Waals surface area contributed by atoms with E-state index in [1.54, 1.807) is 41.4 Å².